The number of benzene rings is 6. The molecule has 0 spiro atoms. The molecule has 0 aliphatic carbocycles. The number of thiophene rings is 2. The van der Waals surface area contributed by atoms with Gasteiger partial charge in [-0.3, -0.25) is 0 Å². The van der Waals surface area contributed by atoms with Crippen LogP contribution in [-0.2, 0) is 0 Å². The second-order valence-corrected chi connectivity index (χ2v) is 12.5. The molecule has 3 heterocycles. The number of hydrogen-bond acceptors (Lipinski definition) is 2. The summed E-state index contributed by atoms with van der Waals surface area (Å²) in [6.07, 6.45) is 0. The van der Waals surface area contributed by atoms with E-state index < -0.39 is 0 Å². The Morgan fingerprint density at radius 2 is 1.22 bits per heavy atom. The molecule has 0 saturated heterocycles. The molecule has 9 aromatic rings. The van der Waals surface area contributed by atoms with Crippen LogP contribution in [0.4, 0.5) is 5.69 Å². The standard InChI is InChI=1S/C37H20N2S2/c1-38-23-15-18-33-28(21-23)27-16-19-35-36(37(27)41-33)29-20-22(14-17-34(29)40-35)24-8-2-5-11-30(24)39-31-12-6-3-9-25(31)26-10-4-7-13-32(26)39/h2-21H. The Kier molecular flexibility index (Phi) is 4.74. The zero-order valence-electron chi connectivity index (χ0n) is 21.8. The van der Waals surface area contributed by atoms with Gasteiger partial charge in [0.1, 0.15) is 0 Å². The fourth-order valence-electron chi connectivity index (χ4n) is 6.41. The first kappa shape index (κ1) is 22.8. The summed E-state index contributed by atoms with van der Waals surface area (Å²) >= 11 is 3.69. The molecule has 0 radical (unpaired) electrons. The van der Waals surface area contributed by atoms with Crippen LogP contribution in [0.1, 0.15) is 0 Å². The normalized spacial score (nSPS) is 11.9. The summed E-state index contributed by atoms with van der Waals surface area (Å²) < 4.78 is 7.54. The molecule has 2 nitrogen and oxygen atoms in total. The van der Waals surface area contributed by atoms with E-state index >= 15 is 0 Å². The van der Waals surface area contributed by atoms with E-state index in [9.17, 15) is 0 Å². The van der Waals surface area contributed by atoms with Crippen LogP contribution in [0.25, 0.3) is 83.8 Å². The summed E-state index contributed by atoms with van der Waals surface area (Å²) in [6.45, 7) is 7.49. The van der Waals surface area contributed by atoms with Crippen LogP contribution >= 0.6 is 22.7 Å². The van der Waals surface area contributed by atoms with Crippen LogP contribution in [-0.4, -0.2) is 4.57 Å². The summed E-state index contributed by atoms with van der Waals surface area (Å²) in [4.78, 5) is 3.68. The van der Waals surface area contributed by atoms with Crippen LogP contribution in [0.2, 0.25) is 0 Å². The number of fused-ring (bicyclic) bond motifs is 10. The van der Waals surface area contributed by atoms with Gasteiger partial charge in [0.05, 0.1) is 23.3 Å². The minimum atomic E-state index is 0.691. The summed E-state index contributed by atoms with van der Waals surface area (Å²) in [6, 6.07) is 43.6. The van der Waals surface area contributed by atoms with E-state index in [0.717, 1.165) is 0 Å². The molecule has 0 aliphatic heterocycles. The number of aromatic nitrogens is 1. The first-order valence-electron chi connectivity index (χ1n) is 13.6. The van der Waals surface area contributed by atoms with Gasteiger partial charge in [-0.1, -0.05) is 78.9 Å². The average Bonchev–Trinajstić information content (AvgIpc) is 3.69. The molecule has 190 valence electrons. The van der Waals surface area contributed by atoms with Crippen LogP contribution in [0.5, 0.6) is 0 Å². The van der Waals surface area contributed by atoms with Gasteiger partial charge in [0, 0.05) is 45.9 Å². The van der Waals surface area contributed by atoms with Crippen molar-refractivity contribution in [3.05, 3.63) is 133 Å². The smallest absolute Gasteiger partial charge is 0.187 e. The van der Waals surface area contributed by atoms with Gasteiger partial charge in [0.15, 0.2) is 5.69 Å². The molecule has 0 aliphatic rings. The van der Waals surface area contributed by atoms with Crippen molar-refractivity contribution >= 4 is 90.5 Å². The van der Waals surface area contributed by atoms with Crippen LogP contribution in [0, 0.1) is 6.57 Å². The average molecular weight is 557 g/mol. The van der Waals surface area contributed by atoms with E-state index in [0.29, 0.717) is 5.69 Å². The minimum Gasteiger partial charge on any atom is -0.309 e. The van der Waals surface area contributed by atoms with Crippen molar-refractivity contribution in [3.8, 4) is 16.8 Å². The fourth-order valence-corrected chi connectivity index (χ4v) is 8.82. The lowest BCUT2D eigenvalue weighted by atomic mass is 10.00. The molecular weight excluding hydrogens is 537 g/mol. The highest BCUT2D eigenvalue weighted by Gasteiger charge is 2.17. The third-order valence-electron chi connectivity index (χ3n) is 8.22. The topological polar surface area (TPSA) is 9.29 Å². The Morgan fingerprint density at radius 1 is 0.537 bits per heavy atom. The molecular formula is C37H20N2S2. The van der Waals surface area contributed by atoms with Gasteiger partial charge in [-0.2, -0.15) is 0 Å². The Morgan fingerprint density at radius 3 is 2.02 bits per heavy atom. The van der Waals surface area contributed by atoms with Gasteiger partial charge in [0.2, 0.25) is 0 Å². The number of nitrogens with zero attached hydrogens (tertiary/aromatic N) is 2. The fraction of sp³-hybridized carbons (Fsp3) is 0. The number of hydrogen-bond donors (Lipinski definition) is 0. The predicted octanol–water partition coefficient (Wildman–Crippen LogP) is 11.7. The molecule has 6 aromatic carbocycles. The SMILES string of the molecule is [C-]#[N+]c1ccc2sc3c(ccc4sc5ccc(-c6ccccc6-n6c7ccccc7c7ccccc76)cc5c43)c2c1. The number of rotatable bonds is 2. The van der Waals surface area contributed by atoms with Gasteiger partial charge in [-0.15, -0.1) is 22.7 Å². The Balaban J connectivity index is 1.33. The Hall–Kier alpha value is -4.95. The van der Waals surface area contributed by atoms with E-state index in [1.807, 2.05) is 34.8 Å². The monoisotopic (exact) mass is 556 g/mol. The van der Waals surface area contributed by atoms with Gasteiger partial charge in [-0.05, 0) is 58.8 Å². The van der Waals surface area contributed by atoms with Crippen LogP contribution in [0.15, 0.2) is 121 Å². The lowest BCUT2D eigenvalue weighted by Crippen LogP contribution is -1.96. The van der Waals surface area contributed by atoms with Gasteiger partial charge in [-0.25, -0.2) is 4.85 Å². The van der Waals surface area contributed by atoms with Gasteiger partial charge < -0.3 is 4.57 Å². The summed E-state index contributed by atoms with van der Waals surface area (Å²) in [7, 11) is 0. The summed E-state index contributed by atoms with van der Waals surface area (Å²) in [5.74, 6) is 0. The van der Waals surface area contributed by atoms with E-state index in [-0.39, 0.29) is 0 Å². The second kappa shape index (κ2) is 8.52. The van der Waals surface area contributed by atoms with Crippen molar-refractivity contribution in [2.45, 2.75) is 0 Å². The summed E-state index contributed by atoms with van der Waals surface area (Å²) in [5, 5.41) is 7.56. The molecule has 0 atom stereocenters. The second-order valence-electron chi connectivity index (χ2n) is 10.4. The summed E-state index contributed by atoms with van der Waals surface area (Å²) in [5.41, 5.74) is 6.73. The van der Waals surface area contributed by atoms with E-state index in [2.05, 4.69) is 119 Å². The van der Waals surface area contributed by atoms with Crippen LogP contribution in [0.3, 0.4) is 0 Å². The molecule has 4 heteroatoms. The molecule has 0 bridgehead atoms. The maximum absolute atomic E-state index is 7.49. The predicted molar refractivity (Wildman–Crippen MR) is 178 cm³/mol. The zero-order chi connectivity index (χ0) is 27.1. The lowest BCUT2D eigenvalue weighted by molar-refractivity contribution is 1.18. The van der Waals surface area contributed by atoms with E-state index in [1.165, 1.54) is 79.0 Å². The quantitative estimate of drug-likeness (QED) is 0.187. The third kappa shape index (κ3) is 3.22. The maximum Gasteiger partial charge on any atom is 0.187 e. The largest absolute Gasteiger partial charge is 0.309 e. The molecule has 0 unspecified atom stereocenters. The number of para-hydroxylation sites is 3. The molecule has 3 aromatic heterocycles. The van der Waals surface area contributed by atoms with E-state index in [4.69, 9.17) is 6.57 Å². The molecule has 0 fully saturated rings. The Labute approximate surface area is 243 Å². The van der Waals surface area contributed by atoms with E-state index in [1.54, 1.807) is 0 Å². The van der Waals surface area contributed by atoms with Gasteiger partial charge >= 0.3 is 0 Å². The van der Waals surface area contributed by atoms with Crippen molar-refractivity contribution in [1.29, 1.82) is 0 Å². The molecule has 41 heavy (non-hydrogen) atoms. The van der Waals surface area contributed by atoms with Crippen molar-refractivity contribution in [2.24, 2.45) is 0 Å². The van der Waals surface area contributed by atoms with Crippen LogP contribution < -0.4 is 0 Å². The van der Waals surface area contributed by atoms with Crippen molar-refractivity contribution < 1.29 is 0 Å². The Bertz CT molecular complexity index is 2500. The lowest BCUT2D eigenvalue weighted by Gasteiger charge is -2.14. The van der Waals surface area contributed by atoms with Gasteiger partial charge in [0.25, 0.3) is 0 Å². The van der Waals surface area contributed by atoms with Crippen molar-refractivity contribution in [3.63, 3.8) is 0 Å². The molecule has 9 rings (SSSR count). The third-order valence-corrected chi connectivity index (χ3v) is 10.6. The zero-order valence-corrected chi connectivity index (χ0v) is 23.4. The maximum atomic E-state index is 7.49. The highest BCUT2D eigenvalue weighted by molar-refractivity contribution is 7.29. The molecule has 0 amide bonds. The highest BCUT2D eigenvalue weighted by Crippen LogP contribution is 2.46. The van der Waals surface area contributed by atoms with Crippen molar-refractivity contribution in [2.75, 3.05) is 0 Å². The molecule has 0 N–H and O–H groups in total. The highest BCUT2D eigenvalue weighted by atomic mass is 32.1. The first-order valence-corrected chi connectivity index (χ1v) is 15.2. The minimum absolute atomic E-state index is 0.691. The molecule has 0 saturated carbocycles. The first-order chi connectivity index (χ1) is 20.3. The van der Waals surface area contributed by atoms with Crippen molar-refractivity contribution in [1.82, 2.24) is 4.57 Å².